The van der Waals surface area contributed by atoms with Crippen molar-refractivity contribution in [2.45, 2.75) is 33.9 Å². The Hall–Kier alpha value is -1.01. The maximum atomic E-state index is 9.75. The molecule has 0 radical (unpaired) electrons. The molecular formula is C8H15BF4N2. The van der Waals surface area contributed by atoms with Gasteiger partial charge in [0.1, 0.15) is 12.4 Å². The van der Waals surface area contributed by atoms with Crippen LogP contribution in [0.2, 0.25) is 0 Å². The normalized spacial score (nSPS) is 10.9. The Bertz CT molecular complexity index is 268. The van der Waals surface area contributed by atoms with E-state index < -0.39 is 7.25 Å². The minimum atomic E-state index is -6.00. The number of imidazole rings is 1. The molecule has 0 atom stereocenters. The number of aryl methyl sites for hydroxylation is 2. The summed E-state index contributed by atoms with van der Waals surface area (Å²) in [6.45, 7) is 8.60. The summed E-state index contributed by atoms with van der Waals surface area (Å²) in [6, 6.07) is 0. The zero-order chi connectivity index (χ0) is 12.1. The zero-order valence-electron chi connectivity index (χ0n) is 9.05. The van der Waals surface area contributed by atoms with E-state index in [9.17, 15) is 17.3 Å². The molecule has 0 aliphatic rings. The van der Waals surface area contributed by atoms with E-state index in [1.54, 1.807) is 0 Å². The van der Waals surface area contributed by atoms with Gasteiger partial charge in [0.25, 0.3) is 5.82 Å². The van der Waals surface area contributed by atoms with E-state index in [4.69, 9.17) is 0 Å². The maximum Gasteiger partial charge on any atom is 0.673 e. The van der Waals surface area contributed by atoms with E-state index in [1.807, 2.05) is 0 Å². The zero-order valence-corrected chi connectivity index (χ0v) is 9.05. The highest BCUT2D eigenvalue weighted by Gasteiger charge is 2.20. The molecule has 0 aromatic carbocycles. The molecule has 1 rings (SSSR count). The molecule has 0 unspecified atom stereocenters. The first-order chi connectivity index (χ1) is 6.79. The fraction of sp³-hybridized carbons (Fsp3) is 0.625. The summed E-state index contributed by atoms with van der Waals surface area (Å²) in [5.41, 5.74) is 0. The molecule has 1 aromatic rings. The third kappa shape index (κ3) is 6.14. The molecule has 0 aliphatic carbocycles. The third-order valence-corrected chi connectivity index (χ3v) is 1.94. The minimum absolute atomic E-state index is 1.07. The molecular weight excluding hydrogens is 211 g/mol. The molecule has 1 heterocycles. The second-order valence-electron chi connectivity index (χ2n) is 2.91. The Morgan fingerprint density at radius 2 is 1.73 bits per heavy atom. The van der Waals surface area contributed by atoms with Crippen molar-refractivity contribution < 1.29 is 21.8 Å². The molecule has 0 bridgehead atoms. The van der Waals surface area contributed by atoms with Gasteiger partial charge in [-0.05, 0) is 13.8 Å². The predicted octanol–water partition coefficient (Wildman–Crippen LogP) is 2.42. The fourth-order valence-electron chi connectivity index (χ4n) is 1.21. The van der Waals surface area contributed by atoms with Crippen LogP contribution in [0.3, 0.4) is 0 Å². The maximum absolute atomic E-state index is 9.75. The molecule has 0 amide bonds. The SMILES string of the molecule is CCn1cc[n+](CC)c1C.F[B-](F)(F)F. The van der Waals surface area contributed by atoms with Gasteiger partial charge in [-0.25, -0.2) is 9.13 Å². The van der Waals surface area contributed by atoms with Crippen molar-refractivity contribution in [2.75, 3.05) is 0 Å². The Morgan fingerprint density at radius 3 is 1.93 bits per heavy atom. The number of aromatic nitrogens is 2. The van der Waals surface area contributed by atoms with Crippen molar-refractivity contribution in [1.82, 2.24) is 4.57 Å². The van der Waals surface area contributed by atoms with Gasteiger partial charge in [0, 0.05) is 6.92 Å². The van der Waals surface area contributed by atoms with E-state index >= 15 is 0 Å². The predicted molar refractivity (Wildman–Crippen MR) is 50.9 cm³/mol. The fourth-order valence-corrected chi connectivity index (χ4v) is 1.21. The summed E-state index contributed by atoms with van der Waals surface area (Å²) in [7, 11) is -6.00. The number of hydrogen-bond acceptors (Lipinski definition) is 0. The van der Waals surface area contributed by atoms with Crippen LogP contribution in [-0.2, 0) is 13.1 Å². The van der Waals surface area contributed by atoms with Gasteiger partial charge in [0.15, 0.2) is 0 Å². The van der Waals surface area contributed by atoms with Crippen molar-refractivity contribution in [1.29, 1.82) is 0 Å². The van der Waals surface area contributed by atoms with Crippen molar-refractivity contribution in [3.05, 3.63) is 18.2 Å². The molecule has 2 nitrogen and oxygen atoms in total. The molecule has 0 saturated carbocycles. The monoisotopic (exact) mass is 226 g/mol. The lowest BCUT2D eigenvalue weighted by Crippen LogP contribution is -2.33. The Kier molecular flexibility index (Phi) is 5.39. The van der Waals surface area contributed by atoms with E-state index in [2.05, 4.69) is 42.3 Å². The van der Waals surface area contributed by atoms with Crippen LogP contribution in [0.4, 0.5) is 17.3 Å². The molecule has 7 heteroatoms. The summed E-state index contributed by atoms with van der Waals surface area (Å²) < 4.78 is 43.5. The summed E-state index contributed by atoms with van der Waals surface area (Å²) in [4.78, 5) is 0. The topological polar surface area (TPSA) is 8.81 Å². The van der Waals surface area contributed by atoms with Crippen LogP contribution in [0.25, 0.3) is 0 Å². The summed E-state index contributed by atoms with van der Waals surface area (Å²) in [5, 5.41) is 0. The van der Waals surface area contributed by atoms with E-state index in [1.165, 1.54) is 5.82 Å². The summed E-state index contributed by atoms with van der Waals surface area (Å²) in [6.07, 6.45) is 4.25. The lowest BCUT2D eigenvalue weighted by atomic mass is 10.3. The first-order valence-corrected chi connectivity index (χ1v) is 4.72. The van der Waals surface area contributed by atoms with Gasteiger partial charge in [0.05, 0.1) is 13.1 Å². The van der Waals surface area contributed by atoms with E-state index in [0.717, 1.165) is 13.1 Å². The smallest absolute Gasteiger partial charge is 0.418 e. The molecule has 0 saturated heterocycles. The van der Waals surface area contributed by atoms with E-state index in [-0.39, 0.29) is 0 Å². The van der Waals surface area contributed by atoms with Crippen LogP contribution in [0.1, 0.15) is 19.7 Å². The quantitative estimate of drug-likeness (QED) is 0.416. The van der Waals surface area contributed by atoms with Crippen LogP contribution >= 0.6 is 0 Å². The molecule has 0 fully saturated rings. The molecule has 1 aromatic heterocycles. The van der Waals surface area contributed by atoms with Gasteiger partial charge >= 0.3 is 7.25 Å². The Balaban J connectivity index is 0.000000336. The summed E-state index contributed by atoms with van der Waals surface area (Å²) >= 11 is 0. The highest BCUT2D eigenvalue weighted by molar-refractivity contribution is 6.50. The first-order valence-electron chi connectivity index (χ1n) is 4.72. The largest absolute Gasteiger partial charge is 0.673 e. The Morgan fingerprint density at radius 1 is 1.27 bits per heavy atom. The standard InChI is InChI=1S/C8H15N2.BF4/c1-4-9-6-7-10(5-2)8(9)3;2-1(3,4)5/h6-7H,4-5H2,1-3H3;/q+1;-1. The van der Waals surface area contributed by atoms with Gasteiger partial charge in [-0.1, -0.05) is 0 Å². The van der Waals surface area contributed by atoms with Gasteiger partial charge < -0.3 is 17.3 Å². The van der Waals surface area contributed by atoms with Gasteiger partial charge in [0.2, 0.25) is 0 Å². The number of halogens is 4. The highest BCUT2D eigenvalue weighted by atomic mass is 19.5. The average molecular weight is 226 g/mol. The lowest BCUT2D eigenvalue weighted by molar-refractivity contribution is -0.699. The third-order valence-electron chi connectivity index (χ3n) is 1.94. The van der Waals surface area contributed by atoms with Crippen LogP contribution in [0.5, 0.6) is 0 Å². The van der Waals surface area contributed by atoms with Crippen LogP contribution in [0, 0.1) is 6.92 Å². The molecule has 15 heavy (non-hydrogen) atoms. The van der Waals surface area contributed by atoms with Crippen molar-refractivity contribution in [3.63, 3.8) is 0 Å². The molecule has 0 N–H and O–H groups in total. The second kappa shape index (κ2) is 5.77. The number of rotatable bonds is 2. The first kappa shape index (κ1) is 14.0. The van der Waals surface area contributed by atoms with Crippen molar-refractivity contribution >= 4 is 7.25 Å². The van der Waals surface area contributed by atoms with Gasteiger partial charge in [-0.15, -0.1) is 0 Å². The van der Waals surface area contributed by atoms with Crippen molar-refractivity contribution in [3.8, 4) is 0 Å². The van der Waals surface area contributed by atoms with Gasteiger partial charge in [-0.2, -0.15) is 0 Å². The van der Waals surface area contributed by atoms with Crippen LogP contribution in [-0.4, -0.2) is 11.8 Å². The average Bonchev–Trinajstić information content (AvgIpc) is 2.43. The minimum Gasteiger partial charge on any atom is -0.418 e. The van der Waals surface area contributed by atoms with E-state index in [0.29, 0.717) is 0 Å². The number of nitrogens with zero attached hydrogens (tertiary/aromatic N) is 2. The Labute approximate surface area is 86.6 Å². The summed E-state index contributed by atoms with van der Waals surface area (Å²) in [5.74, 6) is 1.34. The van der Waals surface area contributed by atoms with Crippen LogP contribution in [0.15, 0.2) is 12.4 Å². The molecule has 0 spiro atoms. The molecule has 88 valence electrons. The van der Waals surface area contributed by atoms with Crippen molar-refractivity contribution in [2.24, 2.45) is 0 Å². The van der Waals surface area contributed by atoms with Crippen LogP contribution < -0.4 is 4.57 Å². The van der Waals surface area contributed by atoms with Gasteiger partial charge in [-0.3, -0.25) is 0 Å². The lowest BCUT2D eigenvalue weighted by Gasteiger charge is -1.94. The molecule has 0 aliphatic heterocycles. The second-order valence-corrected chi connectivity index (χ2v) is 2.91. The number of hydrogen-bond donors (Lipinski definition) is 0. The highest BCUT2D eigenvalue weighted by Crippen LogP contribution is 2.06.